The molecule has 1 spiro atoms. The molecular weight excluding hydrogens is 601 g/mol. The Kier molecular flexibility index (Phi) is 8.36. The van der Waals surface area contributed by atoms with Gasteiger partial charge in [0.15, 0.2) is 11.6 Å². The lowest BCUT2D eigenvalue weighted by Gasteiger charge is -2.32. The van der Waals surface area contributed by atoms with E-state index in [1.807, 2.05) is 20.8 Å². The van der Waals surface area contributed by atoms with Crippen molar-refractivity contribution in [3.05, 3.63) is 65.1 Å². The van der Waals surface area contributed by atoms with E-state index in [2.05, 4.69) is 27.0 Å². The first-order valence-corrected chi connectivity index (χ1v) is 14.9. The summed E-state index contributed by atoms with van der Waals surface area (Å²) in [6.45, 7) is 8.92. The lowest BCUT2D eigenvalue weighted by molar-refractivity contribution is -0.138. The minimum atomic E-state index is -1.42. The van der Waals surface area contributed by atoms with Gasteiger partial charge in [-0.05, 0) is 35.4 Å². The van der Waals surface area contributed by atoms with E-state index in [9.17, 15) is 37.6 Å². The van der Waals surface area contributed by atoms with Crippen molar-refractivity contribution < 1.29 is 32.3 Å². The van der Waals surface area contributed by atoms with Crippen LogP contribution in [0.5, 0.6) is 0 Å². The highest BCUT2D eigenvalue weighted by molar-refractivity contribution is 6.07. The number of halogens is 3. The highest BCUT2D eigenvalue weighted by atomic mass is 19.2. The van der Waals surface area contributed by atoms with Gasteiger partial charge in [0.25, 0.3) is 5.91 Å². The van der Waals surface area contributed by atoms with Gasteiger partial charge < -0.3 is 25.8 Å². The van der Waals surface area contributed by atoms with Gasteiger partial charge in [0.1, 0.15) is 29.6 Å². The molecule has 1 fully saturated rings. The van der Waals surface area contributed by atoms with Gasteiger partial charge in [-0.15, -0.1) is 0 Å². The molecule has 0 bridgehead atoms. The Bertz CT molecular complexity index is 1790. The van der Waals surface area contributed by atoms with E-state index in [1.165, 1.54) is 4.90 Å². The third-order valence-electron chi connectivity index (χ3n) is 8.58. The zero-order valence-electron chi connectivity index (χ0n) is 26.1. The third kappa shape index (κ3) is 5.79. The number of fused-ring (bicyclic) bond motifs is 3. The van der Waals surface area contributed by atoms with Gasteiger partial charge >= 0.3 is 0 Å². The van der Waals surface area contributed by atoms with E-state index in [1.54, 1.807) is 38.1 Å². The lowest BCUT2D eigenvalue weighted by Crippen LogP contribution is -2.57. The number of rotatable bonds is 7. The maximum atomic E-state index is 14.3. The molecule has 1 saturated heterocycles. The number of aromatic nitrogens is 1. The first-order valence-electron chi connectivity index (χ1n) is 14.9. The molecule has 4 amide bonds. The van der Waals surface area contributed by atoms with E-state index >= 15 is 0 Å². The van der Waals surface area contributed by atoms with Crippen LogP contribution in [0.4, 0.5) is 18.9 Å². The van der Waals surface area contributed by atoms with Crippen molar-refractivity contribution in [3.63, 3.8) is 0 Å². The first kappa shape index (κ1) is 32.5. The number of aromatic amines is 1. The Labute approximate surface area is 263 Å². The quantitative estimate of drug-likeness (QED) is 0.286. The Morgan fingerprint density at radius 3 is 2.46 bits per heavy atom. The highest BCUT2D eigenvalue weighted by Crippen LogP contribution is 2.46. The van der Waals surface area contributed by atoms with Crippen LogP contribution in [0.1, 0.15) is 63.5 Å². The summed E-state index contributed by atoms with van der Waals surface area (Å²) >= 11 is 0. The molecule has 1 aromatic heterocycles. The molecule has 0 radical (unpaired) electrons. The van der Waals surface area contributed by atoms with E-state index in [0.29, 0.717) is 17.3 Å². The number of anilines is 1. The van der Waals surface area contributed by atoms with Crippen molar-refractivity contribution in [3.8, 4) is 6.07 Å². The van der Waals surface area contributed by atoms with Crippen LogP contribution in [-0.4, -0.2) is 58.2 Å². The molecular formula is C33H35F3N6O4. The number of carbonyl (C=O) groups excluding carboxylic acids is 4. The van der Waals surface area contributed by atoms with E-state index in [4.69, 9.17) is 0 Å². The summed E-state index contributed by atoms with van der Waals surface area (Å²) < 4.78 is 42.2. The normalized spacial score (nSPS) is 20.4. The Morgan fingerprint density at radius 1 is 1.11 bits per heavy atom. The van der Waals surface area contributed by atoms with Crippen LogP contribution >= 0.6 is 0 Å². The summed E-state index contributed by atoms with van der Waals surface area (Å²) in [5, 5.41) is 17.9. The summed E-state index contributed by atoms with van der Waals surface area (Å²) in [4.78, 5) is 57.9. The number of amides is 4. The van der Waals surface area contributed by atoms with Crippen LogP contribution in [0, 0.1) is 40.1 Å². The number of likely N-dealkylation sites (tertiary alicyclic amines) is 1. The average Bonchev–Trinajstić information content (AvgIpc) is 3.68. The van der Waals surface area contributed by atoms with E-state index in [0.717, 1.165) is 6.07 Å². The fourth-order valence-corrected chi connectivity index (χ4v) is 6.32. The molecule has 2 aromatic carbocycles. The zero-order chi connectivity index (χ0) is 33.7. The third-order valence-corrected chi connectivity index (χ3v) is 8.58. The largest absolute Gasteiger partial charge is 0.348 e. The van der Waals surface area contributed by atoms with Crippen LogP contribution in [0.25, 0.3) is 10.9 Å². The summed E-state index contributed by atoms with van der Waals surface area (Å²) in [5.74, 6) is -6.75. The predicted molar refractivity (Wildman–Crippen MR) is 163 cm³/mol. The van der Waals surface area contributed by atoms with Crippen LogP contribution < -0.4 is 16.0 Å². The molecule has 2 aliphatic rings. The Hall–Kier alpha value is -4.86. The molecule has 3 heterocycles. The second kappa shape index (κ2) is 11.8. The molecule has 46 heavy (non-hydrogen) atoms. The van der Waals surface area contributed by atoms with Crippen molar-refractivity contribution in [2.75, 3.05) is 11.9 Å². The molecule has 4 atom stereocenters. The van der Waals surface area contributed by atoms with Gasteiger partial charge in [-0.3, -0.25) is 19.2 Å². The molecule has 3 aromatic rings. The molecule has 10 nitrogen and oxygen atoms in total. The predicted octanol–water partition coefficient (Wildman–Crippen LogP) is 4.28. The maximum Gasteiger partial charge on any atom is 0.268 e. The number of nitrogens with zero attached hydrogens (tertiary/aromatic N) is 2. The van der Waals surface area contributed by atoms with Gasteiger partial charge in [-0.25, -0.2) is 13.2 Å². The fraction of sp³-hybridized carbons (Fsp3) is 0.424. The van der Waals surface area contributed by atoms with Crippen molar-refractivity contribution >= 4 is 40.2 Å². The molecule has 0 unspecified atom stereocenters. The van der Waals surface area contributed by atoms with Crippen LogP contribution in [0.15, 0.2) is 36.4 Å². The molecule has 242 valence electrons. The Balaban J connectivity index is 1.39. The maximum absolute atomic E-state index is 14.3. The number of H-pyrrole nitrogens is 1. The molecule has 0 aliphatic carbocycles. The van der Waals surface area contributed by atoms with Crippen molar-refractivity contribution in [2.45, 2.75) is 71.0 Å². The second-order valence-corrected chi connectivity index (χ2v) is 13.5. The van der Waals surface area contributed by atoms with Gasteiger partial charge in [0.05, 0.1) is 17.0 Å². The van der Waals surface area contributed by atoms with E-state index in [-0.39, 0.29) is 36.4 Å². The minimum Gasteiger partial charge on any atom is -0.348 e. The second-order valence-electron chi connectivity index (χ2n) is 13.5. The van der Waals surface area contributed by atoms with Gasteiger partial charge in [0, 0.05) is 30.1 Å². The summed E-state index contributed by atoms with van der Waals surface area (Å²) in [6.07, 6.45) is 0.265. The topological polar surface area (TPSA) is 147 Å². The number of nitriles is 1. The summed E-state index contributed by atoms with van der Waals surface area (Å²) in [7, 11) is 0. The van der Waals surface area contributed by atoms with Crippen molar-refractivity contribution in [2.24, 2.45) is 11.3 Å². The van der Waals surface area contributed by atoms with Gasteiger partial charge in [-0.1, -0.05) is 52.8 Å². The minimum absolute atomic E-state index is 0.0537. The monoisotopic (exact) mass is 636 g/mol. The number of nitrogens with one attached hydrogen (secondary N) is 4. The zero-order valence-corrected chi connectivity index (χ0v) is 26.1. The summed E-state index contributed by atoms with van der Waals surface area (Å²) in [6, 6.07) is 7.44. The number of hydrogen-bond donors (Lipinski definition) is 4. The van der Waals surface area contributed by atoms with Crippen molar-refractivity contribution in [1.82, 2.24) is 20.5 Å². The van der Waals surface area contributed by atoms with Gasteiger partial charge in [0.2, 0.25) is 17.7 Å². The summed E-state index contributed by atoms with van der Waals surface area (Å²) in [5.41, 5.74) is -1.08. The lowest BCUT2D eigenvalue weighted by atomic mass is 9.80. The van der Waals surface area contributed by atoms with Crippen molar-refractivity contribution in [1.29, 1.82) is 5.26 Å². The molecule has 2 aliphatic heterocycles. The molecule has 4 N–H and O–H groups in total. The molecule has 5 rings (SSSR count). The Morgan fingerprint density at radius 2 is 1.80 bits per heavy atom. The van der Waals surface area contributed by atoms with Crippen LogP contribution in [-0.2, 0) is 19.8 Å². The van der Waals surface area contributed by atoms with Crippen LogP contribution in [0.2, 0.25) is 0 Å². The highest BCUT2D eigenvalue weighted by Gasteiger charge is 2.56. The number of benzene rings is 2. The standard InChI is InChI=1S/C33H35F3N6O4/c1-16(2)26(41-28(43)23-10-18-20(34)11-21(35)25(36)27(18)38-23)29(44)39-24(13-32(3,4)5)30(45)42-15-33(12-17(42)14-37)19-8-6-7-9-22(19)40-31(33)46/h6-11,16-17,24,26,38H,12-13,15H2,1-5H3,(H,39,44)(H,40,46)(H,41,43)/t17-,24-,26+,33-/m0/s1. The molecule has 0 saturated carbocycles. The number of carbonyl (C=O) groups is 4. The number of para-hydroxylation sites is 1. The first-order chi connectivity index (χ1) is 21.6. The smallest absolute Gasteiger partial charge is 0.268 e. The fourth-order valence-electron chi connectivity index (χ4n) is 6.32. The molecule has 13 heteroatoms. The average molecular weight is 637 g/mol. The van der Waals surface area contributed by atoms with Gasteiger partial charge in [-0.2, -0.15) is 5.26 Å². The van der Waals surface area contributed by atoms with E-state index < -0.39 is 75.6 Å². The number of hydrogen-bond acceptors (Lipinski definition) is 5. The van der Waals surface area contributed by atoms with Crippen LogP contribution in [0.3, 0.4) is 0 Å². The SMILES string of the molecule is CC(C)[C@@H](NC(=O)c1cc2c(F)cc(F)c(F)c2[nH]1)C(=O)N[C@@H](CC(C)(C)C)C(=O)N1C[C@]2(C[C@H]1C#N)C(=O)Nc1ccccc12.